The molecule has 0 aliphatic carbocycles. The van der Waals surface area contributed by atoms with Gasteiger partial charge in [-0.1, -0.05) is 12.1 Å². The van der Waals surface area contributed by atoms with Gasteiger partial charge in [-0.25, -0.2) is 4.98 Å². The van der Waals surface area contributed by atoms with E-state index in [4.69, 9.17) is 0 Å². The molecule has 7 nitrogen and oxygen atoms in total. The summed E-state index contributed by atoms with van der Waals surface area (Å²) >= 11 is 0. The molecule has 0 fully saturated rings. The largest absolute Gasteiger partial charge is 0.573 e. The van der Waals surface area contributed by atoms with Crippen molar-refractivity contribution >= 4 is 10.9 Å². The van der Waals surface area contributed by atoms with Gasteiger partial charge in [0.1, 0.15) is 17.0 Å². The van der Waals surface area contributed by atoms with Crippen molar-refractivity contribution in [1.29, 1.82) is 0 Å². The fraction of sp³-hybridized carbons (Fsp3) is 0.0667. The van der Waals surface area contributed by atoms with Crippen LogP contribution < -0.4 is 10.3 Å². The lowest BCUT2D eigenvalue weighted by molar-refractivity contribution is -0.274. The fourth-order valence-corrected chi connectivity index (χ4v) is 2.24. The average molecular weight is 354 g/mol. The van der Waals surface area contributed by atoms with Crippen LogP contribution in [0.3, 0.4) is 0 Å². The molecule has 0 atom stereocenters. The van der Waals surface area contributed by atoms with E-state index >= 15 is 0 Å². The Balaban J connectivity index is 2.16. The van der Waals surface area contributed by atoms with E-state index in [0.29, 0.717) is 0 Å². The van der Waals surface area contributed by atoms with Gasteiger partial charge in [0, 0.05) is 11.6 Å². The molecular weight excluding hydrogens is 345 g/mol. The number of nitrogens with zero attached hydrogens (tertiary/aromatic N) is 1. The summed E-state index contributed by atoms with van der Waals surface area (Å²) < 4.78 is 40.7. The van der Waals surface area contributed by atoms with Crippen LogP contribution in [0.15, 0.2) is 35.1 Å². The number of aromatic amines is 1. The van der Waals surface area contributed by atoms with Gasteiger partial charge in [-0.2, -0.15) is 0 Å². The Labute approximate surface area is 136 Å². The smallest absolute Gasteiger partial charge is 0.504 e. The number of alkyl halides is 3. The molecule has 10 heteroatoms. The van der Waals surface area contributed by atoms with Crippen molar-refractivity contribution in [1.82, 2.24) is 9.97 Å². The van der Waals surface area contributed by atoms with Gasteiger partial charge in [0.15, 0.2) is 11.5 Å². The molecule has 25 heavy (non-hydrogen) atoms. The number of aromatic hydroxyl groups is 3. The quantitative estimate of drug-likeness (QED) is 0.526. The molecule has 3 rings (SSSR count). The zero-order chi connectivity index (χ0) is 18.4. The number of phenols is 3. The van der Waals surface area contributed by atoms with Crippen LogP contribution in [0.2, 0.25) is 0 Å². The lowest BCUT2D eigenvalue weighted by atomic mass is 10.1. The Morgan fingerprint density at radius 3 is 2.48 bits per heavy atom. The average Bonchev–Trinajstić information content (AvgIpc) is 2.50. The summed E-state index contributed by atoms with van der Waals surface area (Å²) in [5.74, 6) is -3.07. The fourth-order valence-electron chi connectivity index (χ4n) is 2.24. The molecule has 4 N–H and O–H groups in total. The van der Waals surface area contributed by atoms with Crippen LogP contribution in [0.5, 0.6) is 23.0 Å². The van der Waals surface area contributed by atoms with E-state index in [1.807, 2.05) is 0 Å². The van der Waals surface area contributed by atoms with Gasteiger partial charge in [0.2, 0.25) is 5.75 Å². The Bertz CT molecular complexity index is 1030. The third-order valence-corrected chi connectivity index (χ3v) is 3.27. The molecule has 0 unspecified atom stereocenters. The molecule has 2 aromatic carbocycles. The van der Waals surface area contributed by atoms with E-state index in [1.165, 1.54) is 12.1 Å². The van der Waals surface area contributed by atoms with Gasteiger partial charge in [0.25, 0.3) is 5.56 Å². The number of ether oxygens (including phenoxy) is 1. The number of phenolic OH excluding ortho intramolecular Hbond substituents is 3. The molecule has 1 aromatic heterocycles. The minimum Gasteiger partial charge on any atom is -0.504 e. The molecular formula is C15H9F3N2O5. The summed E-state index contributed by atoms with van der Waals surface area (Å²) in [6.07, 6.45) is -4.88. The number of nitrogens with one attached hydrogen (secondary N) is 1. The zero-order valence-corrected chi connectivity index (χ0v) is 12.1. The number of benzene rings is 2. The van der Waals surface area contributed by atoms with Gasteiger partial charge in [-0.05, 0) is 12.1 Å². The number of rotatable bonds is 2. The van der Waals surface area contributed by atoms with Crippen LogP contribution in [0, 0.1) is 0 Å². The maximum absolute atomic E-state index is 12.3. The first-order valence-electron chi connectivity index (χ1n) is 6.70. The lowest BCUT2D eigenvalue weighted by Gasteiger charge is -2.10. The third kappa shape index (κ3) is 3.13. The van der Waals surface area contributed by atoms with Crippen molar-refractivity contribution in [2.75, 3.05) is 0 Å². The number of hydrogen-bond acceptors (Lipinski definition) is 6. The van der Waals surface area contributed by atoms with E-state index in [1.54, 1.807) is 0 Å². The molecule has 0 aliphatic rings. The molecule has 0 saturated carbocycles. The number of hydrogen-bond donors (Lipinski definition) is 4. The van der Waals surface area contributed by atoms with Crippen LogP contribution in [-0.2, 0) is 0 Å². The van der Waals surface area contributed by atoms with Gasteiger partial charge in [-0.15, -0.1) is 13.2 Å². The molecule has 0 spiro atoms. The van der Waals surface area contributed by atoms with Gasteiger partial charge >= 0.3 is 6.36 Å². The Hall–Kier alpha value is -3.43. The zero-order valence-electron chi connectivity index (χ0n) is 12.1. The summed E-state index contributed by atoms with van der Waals surface area (Å²) in [4.78, 5) is 18.4. The maximum atomic E-state index is 12.3. The van der Waals surface area contributed by atoms with Crippen LogP contribution in [0.4, 0.5) is 13.2 Å². The second-order valence-electron chi connectivity index (χ2n) is 4.98. The number of halogens is 3. The molecule has 0 saturated heterocycles. The van der Waals surface area contributed by atoms with E-state index < -0.39 is 34.9 Å². The topological polar surface area (TPSA) is 116 Å². The van der Waals surface area contributed by atoms with E-state index in [-0.39, 0.29) is 22.3 Å². The second kappa shape index (κ2) is 5.58. The summed E-state index contributed by atoms with van der Waals surface area (Å²) in [5.41, 5.74) is -0.906. The first-order chi connectivity index (χ1) is 11.7. The highest BCUT2D eigenvalue weighted by atomic mass is 19.4. The van der Waals surface area contributed by atoms with E-state index in [2.05, 4.69) is 14.7 Å². The Kier molecular flexibility index (Phi) is 3.67. The van der Waals surface area contributed by atoms with Gasteiger partial charge in [-0.3, -0.25) is 4.79 Å². The number of H-pyrrole nitrogens is 1. The van der Waals surface area contributed by atoms with Gasteiger partial charge < -0.3 is 25.0 Å². The Morgan fingerprint density at radius 2 is 1.80 bits per heavy atom. The van der Waals surface area contributed by atoms with Crippen molar-refractivity contribution in [3.05, 3.63) is 40.7 Å². The molecule has 0 aliphatic heterocycles. The van der Waals surface area contributed by atoms with Gasteiger partial charge in [0.05, 0.1) is 5.52 Å². The summed E-state index contributed by atoms with van der Waals surface area (Å²) in [6.45, 7) is 0. The summed E-state index contributed by atoms with van der Waals surface area (Å²) in [6, 6.07) is 5.68. The van der Waals surface area contributed by atoms with Crippen molar-refractivity contribution in [2.24, 2.45) is 0 Å². The van der Waals surface area contributed by atoms with Crippen molar-refractivity contribution < 1.29 is 33.2 Å². The van der Waals surface area contributed by atoms with E-state index in [0.717, 1.165) is 18.2 Å². The van der Waals surface area contributed by atoms with Crippen LogP contribution in [0.1, 0.15) is 0 Å². The monoisotopic (exact) mass is 354 g/mol. The predicted molar refractivity (Wildman–Crippen MR) is 79.5 cm³/mol. The molecule has 1 heterocycles. The Morgan fingerprint density at radius 1 is 1.08 bits per heavy atom. The molecule has 130 valence electrons. The highest BCUT2D eigenvalue weighted by Gasteiger charge is 2.31. The SMILES string of the molecule is O=c1[nH]c(-c2cccc(OC(F)(F)F)c2)nc2cc(O)c(O)c(O)c12. The minimum absolute atomic E-state index is 0.104. The first kappa shape index (κ1) is 16.4. The minimum atomic E-state index is -4.88. The molecule has 0 radical (unpaired) electrons. The highest BCUT2D eigenvalue weighted by molar-refractivity contribution is 5.89. The summed E-state index contributed by atoms with van der Waals surface area (Å²) in [7, 11) is 0. The molecule has 0 bridgehead atoms. The standard InChI is InChI=1S/C15H9F3N2O5/c16-15(17,18)25-7-3-1-2-6(4-7)13-19-8-5-9(21)11(22)12(23)10(8)14(24)20-13/h1-5,21-23H,(H,19,20,24). The highest BCUT2D eigenvalue weighted by Crippen LogP contribution is 2.39. The molecule has 0 amide bonds. The normalized spacial score (nSPS) is 11.6. The van der Waals surface area contributed by atoms with Crippen LogP contribution >= 0.6 is 0 Å². The van der Waals surface area contributed by atoms with Crippen molar-refractivity contribution in [2.45, 2.75) is 6.36 Å². The van der Waals surface area contributed by atoms with E-state index in [9.17, 15) is 33.3 Å². The number of fused-ring (bicyclic) bond motifs is 1. The molecule has 3 aromatic rings. The number of aromatic nitrogens is 2. The van der Waals surface area contributed by atoms with Crippen LogP contribution in [-0.4, -0.2) is 31.6 Å². The summed E-state index contributed by atoms with van der Waals surface area (Å²) in [5, 5.41) is 28.3. The predicted octanol–water partition coefficient (Wildman–Crippen LogP) is 2.61. The third-order valence-electron chi connectivity index (χ3n) is 3.27. The second-order valence-corrected chi connectivity index (χ2v) is 4.98. The first-order valence-corrected chi connectivity index (χ1v) is 6.70. The van der Waals surface area contributed by atoms with Crippen molar-refractivity contribution in [3.8, 4) is 34.4 Å². The van der Waals surface area contributed by atoms with Crippen molar-refractivity contribution in [3.63, 3.8) is 0 Å². The van der Waals surface area contributed by atoms with Crippen LogP contribution in [0.25, 0.3) is 22.3 Å². The maximum Gasteiger partial charge on any atom is 0.573 e. The lowest BCUT2D eigenvalue weighted by Crippen LogP contribution is -2.17.